The molecule has 0 heterocycles. The van der Waals surface area contributed by atoms with Gasteiger partial charge in [0.15, 0.2) is 0 Å². The van der Waals surface area contributed by atoms with Crippen molar-refractivity contribution in [2.24, 2.45) is 0 Å². The van der Waals surface area contributed by atoms with Crippen LogP contribution in [0, 0.1) is 0 Å². The number of halogens is 2. The second kappa shape index (κ2) is 4.65. The highest BCUT2D eigenvalue weighted by molar-refractivity contribution is 7.87. The van der Waals surface area contributed by atoms with Gasteiger partial charge in [0.1, 0.15) is 0 Å². The second-order valence-electron chi connectivity index (χ2n) is 2.60. The summed E-state index contributed by atoms with van der Waals surface area (Å²) in [4.78, 5) is 10.6. The smallest absolute Gasteiger partial charge is 0.350 e. The largest absolute Gasteiger partial charge is 0.446 e. The summed E-state index contributed by atoms with van der Waals surface area (Å²) in [6.45, 7) is 1.72. The summed E-state index contributed by atoms with van der Waals surface area (Å²) in [5, 5.41) is -3.07. The normalized spacial score (nSPS) is 12.6. The molecule has 0 atom stereocenters. The number of carbonyl (C=O) groups excluding carboxylic acids is 1. The molecule has 1 amide bonds. The fourth-order valence-electron chi connectivity index (χ4n) is 0.599. The van der Waals surface area contributed by atoms with E-state index in [0.29, 0.717) is 12.8 Å². The van der Waals surface area contributed by atoms with Crippen LogP contribution in [0.3, 0.4) is 0 Å². The molecule has 0 aromatic rings. The molecule has 0 saturated heterocycles. The lowest BCUT2D eigenvalue weighted by atomic mass is 10.3. The fourth-order valence-corrected chi connectivity index (χ4v) is 0.905. The Labute approximate surface area is 80.2 Å². The van der Waals surface area contributed by atoms with Crippen molar-refractivity contribution in [1.29, 1.82) is 0 Å². The molecule has 2 N–H and O–H groups in total. The van der Waals surface area contributed by atoms with Crippen LogP contribution in [0.25, 0.3) is 0 Å². The van der Waals surface area contributed by atoms with Gasteiger partial charge in [-0.05, 0) is 6.42 Å². The third-order valence-electron chi connectivity index (χ3n) is 1.40. The topological polar surface area (TPSA) is 83.5 Å². The first-order chi connectivity index (χ1) is 6.23. The van der Waals surface area contributed by atoms with Crippen LogP contribution in [0.15, 0.2) is 0 Å². The van der Waals surface area contributed by atoms with Gasteiger partial charge in [0, 0.05) is 6.54 Å². The van der Waals surface area contributed by atoms with Gasteiger partial charge in [-0.1, -0.05) is 13.3 Å². The van der Waals surface area contributed by atoms with Crippen molar-refractivity contribution in [1.82, 2.24) is 5.32 Å². The number of hydrogen-bond donors (Lipinski definition) is 2. The van der Waals surface area contributed by atoms with Gasteiger partial charge in [0.05, 0.1) is 0 Å². The predicted octanol–water partition coefficient (Wildman–Crippen LogP) is 0.383. The highest BCUT2D eigenvalue weighted by atomic mass is 32.2. The molecule has 0 unspecified atom stereocenters. The average Bonchev–Trinajstić information content (AvgIpc) is 2.02. The maximum Gasteiger partial charge on any atom is 0.446 e. The Kier molecular flexibility index (Phi) is 4.40. The van der Waals surface area contributed by atoms with Crippen LogP contribution in [0.4, 0.5) is 8.78 Å². The van der Waals surface area contributed by atoms with E-state index in [2.05, 4.69) is 0 Å². The molecule has 0 aliphatic rings. The Morgan fingerprint density at radius 1 is 1.50 bits per heavy atom. The molecular weight excluding hydrogens is 220 g/mol. The van der Waals surface area contributed by atoms with E-state index in [1.807, 2.05) is 0 Å². The SMILES string of the molecule is CCCCNC(=O)C(F)(F)S(=O)(=O)O. The summed E-state index contributed by atoms with van der Waals surface area (Å²) in [5.41, 5.74) is 0. The van der Waals surface area contributed by atoms with Crippen molar-refractivity contribution in [3.8, 4) is 0 Å². The van der Waals surface area contributed by atoms with Gasteiger partial charge in [-0.2, -0.15) is 17.2 Å². The zero-order valence-corrected chi connectivity index (χ0v) is 8.27. The molecule has 0 saturated carbocycles. The van der Waals surface area contributed by atoms with E-state index in [0.717, 1.165) is 0 Å². The van der Waals surface area contributed by atoms with Gasteiger partial charge < -0.3 is 5.32 Å². The summed E-state index contributed by atoms with van der Waals surface area (Å²) < 4.78 is 53.2. The molecule has 0 radical (unpaired) electrons. The molecule has 8 heteroatoms. The molecule has 0 aliphatic heterocycles. The van der Waals surface area contributed by atoms with Crippen molar-refractivity contribution < 1.29 is 26.5 Å². The van der Waals surface area contributed by atoms with E-state index in [1.54, 1.807) is 12.2 Å². The van der Waals surface area contributed by atoms with Crippen LogP contribution in [0.5, 0.6) is 0 Å². The van der Waals surface area contributed by atoms with E-state index in [1.165, 1.54) is 0 Å². The zero-order valence-electron chi connectivity index (χ0n) is 7.46. The van der Waals surface area contributed by atoms with Crippen molar-refractivity contribution in [3.05, 3.63) is 0 Å². The van der Waals surface area contributed by atoms with Crippen LogP contribution in [-0.2, 0) is 14.9 Å². The first-order valence-electron chi connectivity index (χ1n) is 3.86. The highest BCUT2D eigenvalue weighted by Crippen LogP contribution is 2.20. The zero-order chi connectivity index (χ0) is 11.4. The molecule has 0 aromatic heterocycles. The van der Waals surface area contributed by atoms with E-state index in [4.69, 9.17) is 4.55 Å². The third-order valence-corrected chi connectivity index (χ3v) is 2.24. The number of amides is 1. The van der Waals surface area contributed by atoms with Crippen LogP contribution in [0.1, 0.15) is 19.8 Å². The van der Waals surface area contributed by atoms with E-state index < -0.39 is 21.3 Å². The van der Waals surface area contributed by atoms with Gasteiger partial charge in [-0.25, -0.2) is 0 Å². The number of hydrogen-bond acceptors (Lipinski definition) is 3. The third kappa shape index (κ3) is 3.18. The molecule has 0 spiro atoms. The summed E-state index contributed by atoms with van der Waals surface area (Å²) in [6.07, 6.45) is 1.12. The molecule has 0 rings (SSSR count). The molecular formula is C6H11F2NO4S. The summed E-state index contributed by atoms with van der Waals surface area (Å²) >= 11 is 0. The highest BCUT2D eigenvalue weighted by Gasteiger charge is 2.51. The Balaban J connectivity index is 4.39. The fraction of sp³-hybridized carbons (Fsp3) is 0.833. The first kappa shape index (κ1) is 13.2. The second-order valence-corrected chi connectivity index (χ2v) is 4.06. The minimum atomic E-state index is -5.68. The summed E-state index contributed by atoms with van der Waals surface area (Å²) in [6, 6.07) is 0. The number of rotatable bonds is 5. The monoisotopic (exact) mass is 231 g/mol. The quantitative estimate of drug-likeness (QED) is 0.529. The maximum atomic E-state index is 12.5. The lowest BCUT2D eigenvalue weighted by Crippen LogP contribution is -2.45. The van der Waals surface area contributed by atoms with Gasteiger partial charge in [-0.3, -0.25) is 9.35 Å². The molecule has 0 bridgehead atoms. The van der Waals surface area contributed by atoms with Gasteiger partial charge in [-0.15, -0.1) is 0 Å². The van der Waals surface area contributed by atoms with E-state index in [9.17, 15) is 22.0 Å². The predicted molar refractivity (Wildman–Crippen MR) is 44.4 cm³/mol. The average molecular weight is 231 g/mol. The summed E-state index contributed by atoms with van der Waals surface area (Å²) in [5.74, 6) is -2.01. The molecule has 0 aliphatic carbocycles. The number of nitrogens with one attached hydrogen (secondary N) is 1. The van der Waals surface area contributed by atoms with E-state index >= 15 is 0 Å². The lowest BCUT2D eigenvalue weighted by molar-refractivity contribution is -0.136. The van der Waals surface area contributed by atoms with Crippen LogP contribution < -0.4 is 5.32 Å². The van der Waals surface area contributed by atoms with Crippen molar-refractivity contribution in [2.75, 3.05) is 6.54 Å². The minimum absolute atomic E-state index is 0.0551. The van der Waals surface area contributed by atoms with E-state index in [-0.39, 0.29) is 6.54 Å². The summed E-state index contributed by atoms with van der Waals surface area (Å²) in [7, 11) is -5.68. The maximum absolute atomic E-state index is 12.5. The molecule has 84 valence electrons. The Hall–Kier alpha value is -0.760. The number of unbranched alkanes of at least 4 members (excludes halogenated alkanes) is 1. The van der Waals surface area contributed by atoms with Crippen LogP contribution in [0.2, 0.25) is 0 Å². The molecule has 5 nitrogen and oxygen atoms in total. The van der Waals surface area contributed by atoms with Crippen LogP contribution >= 0.6 is 0 Å². The van der Waals surface area contributed by atoms with Gasteiger partial charge >= 0.3 is 21.3 Å². The molecule has 0 aromatic carbocycles. The Morgan fingerprint density at radius 3 is 2.36 bits per heavy atom. The van der Waals surface area contributed by atoms with Crippen molar-refractivity contribution >= 4 is 16.0 Å². The van der Waals surface area contributed by atoms with Crippen molar-refractivity contribution in [2.45, 2.75) is 25.0 Å². The lowest BCUT2D eigenvalue weighted by Gasteiger charge is -2.12. The minimum Gasteiger partial charge on any atom is -0.350 e. The number of carbonyl (C=O) groups is 1. The van der Waals surface area contributed by atoms with Crippen LogP contribution in [-0.4, -0.2) is 30.7 Å². The standard InChI is InChI=1S/C6H11F2NO4S/c1-2-3-4-9-5(10)6(7,8)14(11,12)13/h2-4H2,1H3,(H,9,10)(H,11,12,13). The first-order valence-corrected chi connectivity index (χ1v) is 5.30. The Morgan fingerprint density at radius 2 is 2.00 bits per heavy atom. The van der Waals surface area contributed by atoms with Gasteiger partial charge in [0.2, 0.25) is 0 Å². The van der Waals surface area contributed by atoms with Gasteiger partial charge in [0.25, 0.3) is 0 Å². The molecule has 0 fully saturated rings. The molecule has 14 heavy (non-hydrogen) atoms. The number of alkyl halides is 2. The van der Waals surface area contributed by atoms with Crippen molar-refractivity contribution in [3.63, 3.8) is 0 Å². The Bertz CT molecular complexity index is 301.